The van der Waals surface area contributed by atoms with E-state index in [1.54, 1.807) is 61.7 Å². The Morgan fingerprint density at radius 3 is 2.26 bits per heavy atom. The highest BCUT2D eigenvalue weighted by molar-refractivity contribution is 6.11. The number of hydrogen-bond donors (Lipinski definition) is 1. The molecule has 0 aromatic heterocycles. The lowest BCUT2D eigenvalue weighted by Gasteiger charge is -2.23. The number of carbonyl (C=O) groups is 2. The third kappa shape index (κ3) is 4.28. The summed E-state index contributed by atoms with van der Waals surface area (Å²) in [4.78, 5) is 28.4. The molecule has 1 amide bonds. The van der Waals surface area contributed by atoms with Crippen LogP contribution in [0.2, 0.25) is 0 Å². The lowest BCUT2D eigenvalue weighted by molar-refractivity contribution is -0.136. The van der Waals surface area contributed by atoms with Crippen LogP contribution in [0.3, 0.4) is 0 Å². The largest absolute Gasteiger partial charge is 0.497 e. The van der Waals surface area contributed by atoms with Gasteiger partial charge in [-0.05, 0) is 35.9 Å². The summed E-state index contributed by atoms with van der Waals surface area (Å²) in [5, 5.41) is 11.6. The van der Waals surface area contributed by atoms with Gasteiger partial charge in [0.15, 0.2) is 22.9 Å². The van der Waals surface area contributed by atoms with Gasteiger partial charge in [-0.15, -0.1) is 0 Å². The van der Waals surface area contributed by atoms with E-state index in [0.29, 0.717) is 34.2 Å². The quantitative estimate of drug-likeness (QED) is 0.469. The molecule has 1 unspecified atom stereocenters. The highest BCUT2D eigenvalue weighted by Crippen LogP contribution is 2.44. The van der Waals surface area contributed by atoms with Crippen LogP contribution in [-0.2, 0) is 16.9 Å². The number of para-hydroxylation sites is 1. The number of ether oxygens (including phenoxy) is 4. The van der Waals surface area contributed by atoms with Gasteiger partial charge in [0, 0.05) is 11.6 Å². The molecule has 0 aliphatic carbocycles. The molecule has 0 saturated heterocycles. The summed E-state index contributed by atoms with van der Waals surface area (Å²) in [6, 6.07) is 17.1. The van der Waals surface area contributed by atoms with Crippen molar-refractivity contribution < 1.29 is 33.6 Å². The number of nitrogens with zero attached hydrogens (tertiary/aromatic N) is 1. The molecule has 1 aliphatic heterocycles. The molecule has 4 rings (SSSR count). The molecule has 1 atom stereocenters. The van der Waals surface area contributed by atoms with Crippen molar-refractivity contribution in [1.82, 2.24) is 0 Å². The van der Waals surface area contributed by atoms with E-state index in [9.17, 15) is 14.7 Å². The molecule has 1 aliphatic rings. The first-order valence-electron chi connectivity index (χ1n) is 11.0. The minimum Gasteiger partial charge on any atom is -0.497 e. The Morgan fingerprint density at radius 1 is 0.857 bits per heavy atom. The van der Waals surface area contributed by atoms with E-state index in [1.807, 2.05) is 6.07 Å². The number of Topliss-reactive ketones (excluding diaryl/α,β-unsaturated/α-hetero) is 1. The lowest BCUT2D eigenvalue weighted by atomic mass is 9.88. The zero-order valence-corrected chi connectivity index (χ0v) is 20.0. The maximum atomic E-state index is 13.6. The first-order valence-corrected chi connectivity index (χ1v) is 11.0. The van der Waals surface area contributed by atoms with E-state index >= 15 is 0 Å². The average molecular weight is 478 g/mol. The van der Waals surface area contributed by atoms with Crippen LogP contribution in [0, 0.1) is 0 Å². The fourth-order valence-corrected chi connectivity index (χ4v) is 4.35. The zero-order valence-electron chi connectivity index (χ0n) is 20.0. The number of fused-ring (bicyclic) bond motifs is 1. The summed E-state index contributed by atoms with van der Waals surface area (Å²) < 4.78 is 21.2. The Bertz CT molecular complexity index is 1270. The third-order valence-electron chi connectivity index (χ3n) is 6.15. The molecule has 0 saturated carbocycles. The SMILES string of the molecule is COc1ccc(C(=O)CC2(O)C(=O)N(Cc3ccc(OC)c(OC)c3)c3ccccc32)c(OC)c1. The van der Waals surface area contributed by atoms with Crippen LogP contribution in [0.4, 0.5) is 5.69 Å². The summed E-state index contributed by atoms with van der Waals surface area (Å²) in [5.41, 5.74) is -0.0611. The first kappa shape index (κ1) is 24.1. The van der Waals surface area contributed by atoms with Gasteiger partial charge in [-0.3, -0.25) is 9.59 Å². The minimum absolute atomic E-state index is 0.179. The Kier molecular flexibility index (Phi) is 6.66. The lowest BCUT2D eigenvalue weighted by Crippen LogP contribution is -2.41. The van der Waals surface area contributed by atoms with Crippen LogP contribution >= 0.6 is 0 Å². The second-order valence-electron chi connectivity index (χ2n) is 8.12. The van der Waals surface area contributed by atoms with Gasteiger partial charge in [-0.2, -0.15) is 0 Å². The molecular formula is C27H27NO7. The van der Waals surface area contributed by atoms with Gasteiger partial charge >= 0.3 is 0 Å². The number of anilines is 1. The van der Waals surface area contributed by atoms with Crippen LogP contribution in [0.15, 0.2) is 60.7 Å². The number of amides is 1. The molecule has 8 heteroatoms. The Labute approximate surface area is 203 Å². The molecule has 0 radical (unpaired) electrons. The van der Waals surface area contributed by atoms with Crippen LogP contribution in [-0.4, -0.2) is 45.2 Å². The monoisotopic (exact) mass is 477 g/mol. The molecule has 3 aromatic carbocycles. The predicted octanol–water partition coefficient (Wildman–Crippen LogP) is 3.73. The molecule has 182 valence electrons. The van der Waals surface area contributed by atoms with Crippen molar-refractivity contribution in [2.24, 2.45) is 0 Å². The molecule has 1 N–H and O–H groups in total. The van der Waals surface area contributed by atoms with Crippen LogP contribution in [0.5, 0.6) is 23.0 Å². The van der Waals surface area contributed by atoms with Crippen LogP contribution in [0.25, 0.3) is 0 Å². The van der Waals surface area contributed by atoms with Gasteiger partial charge in [0.1, 0.15) is 11.5 Å². The summed E-state index contributed by atoms with van der Waals surface area (Å²) in [6.45, 7) is 0.179. The third-order valence-corrected chi connectivity index (χ3v) is 6.15. The van der Waals surface area contributed by atoms with Crippen molar-refractivity contribution in [1.29, 1.82) is 0 Å². The van der Waals surface area contributed by atoms with Crippen molar-refractivity contribution >= 4 is 17.4 Å². The van der Waals surface area contributed by atoms with Crippen molar-refractivity contribution in [3.63, 3.8) is 0 Å². The van der Waals surface area contributed by atoms with E-state index in [4.69, 9.17) is 18.9 Å². The molecule has 0 spiro atoms. The average Bonchev–Trinajstić information content (AvgIpc) is 3.09. The standard InChI is InChI=1S/C27H27NO7/c1-32-18-10-11-19(24(14-18)34-3)22(29)15-27(31)20-7-5-6-8-21(20)28(26(27)30)16-17-9-12-23(33-2)25(13-17)35-4/h5-14,31H,15-16H2,1-4H3. The van der Waals surface area contributed by atoms with Crippen LogP contribution < -0.4 is 23.8 Å². The normalized spacial score (nSPS) is 16.6. The highest BCUT2D eigenvalue weighted by Gasteiger charge is 2.51. The molecular weight excluding hydrogens is 450 g/mol. The van der Waals surface area contributed by atoms with Crippen LogP contribution in [0.1, 0.15) is 27.9 Å². The number of methoxy groups -OCH3 is 4. The Balaban J connectivity index is 1.67. The van der Waals surface area contributed by atoms with Gasteiger partial charge in [0.2, 0.25) is 0 Å². The van der Waals surface area contributed by atoms with Crippen molar-refractivity contribution in [3.8, 4) is 23.0 Å². The fourth-order valence-electron chi connectivity index (χ4n) is 4.35. The fraction of sp³-hybridized carbons (Fsp3) is 0.259. The van der Waals surface area contributed by atoms with Gasteiger partial charge in [-0.1, -0.05) is 24.3 Å². The van der Waals surface area contributed by atoms with E-state index in [0.717, 1.165) is 5.56 Å². The zero-order chi connectivity index (χ0) is 25.2. The maximum absolute atomic E-state index is 13.6. The number of hydrogen-bond acceptors (Lipinski definition) is 7. The minimum atomic E-state index is -2.02. The van der Waals surface area contributed by atoms with E-state index in [2.05, 4.69) is 0 Å². The molecule has 0 fully saturated rings. The topological polar surface area (TPSA) is 94.5 Å². The molecule has 35 heavy (non-hydrogen) atoms. The van der Waals surface area contributed by atoms with E-state index in [1.165, 1.54) is 26.2 Å². The second-order valence-corrected chi connectivity index (χ2v) is 8.12. The summed E-state index contributed by atoms with van der Waals surface area (Å²) in [6.07, 6.45) is -0.437. The molecule has 8 nitrogen and oxygen atoms in total. The van der Waals surface area contributed by atoms with Crippen molar-refractivity contribution in [2.45, 2.75) is 18.6 Å². The highest BCUT2D eigenvalue weighted by atomic mass is 16.5. The maximum Gasteiger partial charge on any atom is 0.264 e. The Morgan fingerprint density at radius 2 is 1.57 bits per heavy atom. The van der Waals surface area contributed by atoms with E-state index in [-0.39, 0.29) is 12.1 Å². The number of benzene rings is 3. The predicted molar refractivity (Wildman–Crippen MR) is 130 cm³/mol. The summed E-state index contributed by atoms with van der Waals surface area (Å²) >= 11 is 0. The van der Waals surface area contributed by atoms with Gasteiger partial charge < -0.3 is 29.0 Å². The second kappa shape index (κ2) is 9.68. The molecule has 0 bridgehead atoms. The number of carbonyl (C=O) groups excluding carboxylic acids is 2. The van der Waals surface area contributed by atoms with Gasteiger partial charge in [0.25, 0.3) is 5.91 Å². The van der Waals surface area contributed by atoms with E-state index < -0.39 is 23.7 Å². The number of ketones is 1. The summed E-state index contributed by atoms with van der Waals surface area (Å²) in [5.74, 6) is 0.929. The number of aliphatic hydroxyl groups is 1. The first-order chi connectivity index (χ1) is 16.9. The Hall–Kier alpha value is -4.04. The van der Waals surface area contributed by atoms with Gasteiger partial charge in [-0.25, -0.2) is 0 Å². The molecule has 1 heterocycles. The van der Waals surface area contributed by atoms with Crippen molar-refractivity contribution in [2.75, 3.05) is 33.3 Å². The smallest absolute Gasteiger partial charge is 0.264 e. The summed E-state index contributed by atoms with van der Waals surface area (Å²) in [7, 11) is 6.05. The molecule has 3 aromatic rings. The van der Waals surface area contributed by atoms with Gasteiger partial charge in [0.05, 0.1) is 52.7 Å². The number of rotatable bonds is 9. The van der Waals surface area contributed by atoms with Crippen molar-refractivity contribution in [3.05, 3.63) is 77.4 Å².